The van der Waals surface area contributed by atoms with Gasteiger partial charge in [-0.25, -0.2) is 0 Å². The molecule has 0 aliphatic carbocycles. The van der Waals surface area contributed by atoms with Crippen molar-refractivity contribution in [2.24, 2.45) is 0 Å². The molecule has 0 aliphatic heterocycles. The summed E-state index contributed by atoms with van der Waals surface area (Å²) in [5, 5.41) is 2.88. The average molecular weight is 329 g/mol. The van der Waals surface area contributed by atoms with Crippen molar-refractivity contribution in [2.75, 3.05) is 31.7 Å². The van der Waals surface area contributed by atoms with Gasteiger partial charge in [0.05, 0.1) is 24.5 Å². The molecule has 2 aromatic rings. The zero-order valence-corrected chi connectivity index (χ0v) is 14.1. The van der Waals surface area contributed by atoms with Crippen molar-refractivity contribution in [2.45, 2.75) is 13.8 Å². The molecule has 0 radical (unpaired) electrons. The largest absolute Gasteiger partial charge is 0.493 e. The fourth-order valence-electron chi connectivity index (χ4n) is 2.18. The first-order valence-electron chi connectivity index (χ1n) is 8.09. The van der Waals surface area contributed by atoms with Crippen LogP contribution in [0.25, 0.3) is 0 Å². The monoisotopic (exact) mass is 329 g/mol. The van der Waals surface area contributed by atoms with Gasteiger partial charge in [-0.3, -0.25) is 4.79 Å². The van der Waals surface area contributed by atoms with E-state index in [-0.39, 0.29) is 5.91 Å². The van der Waals surface area contributed by atoms with E-state index in [4.69, 9.17) is 14.2 Å². The van der Waals surface area contributed by atoms with Gasteiger partial charge in [0, 0.05) is 6.61 Å². The van der Waals surface area contributed by atoms with E-state index >= 15 is 0 Å². The number of ether oxygens (including phenoxy) is 3. The summed E-state index contributed by atoms with van der Waals surface area (Å²) in [6, 6.07) is 14.5. The van der Waals surface area contributed by atoms with Gasteiger partial charge >= 0.3 is 0 Å². The first-order valence-corrected chi connectivity index (χ1v) is 8.09. The maximum absolute atomic E-state index is 12.6. The molecule has 5 heteroatoms. The van der Waals surface area contributed by atoms with Crippen molar-refractivity contribution in [1.29, 1.82) is 0 Å². The molecular weight excluding hydrogens is 306 g/mol. The summed E-state index contributed by atoms with van der Waals surface area (Å²) in [6.45, 7) is 5.90. The number of carbonyl (C=O) groups is 1. The van der Waals surface area contributed by atoms with Crippen molar-refractivity contribution in [1.82, 2.24) is 0 Å². The predicted molar refractivity (Wildman–Crippen MR) is 94.0 cm³/mol. The lowest BCUT2D eigenvalue weighted by atomic mass is 10.2. The first kappa shape index (κ1) is 17.8. The molecule has 0 aromatic heterocycles. The maximum atomic E-state index is 12.6. The fourth-order valence-corrected chi connectivity index (χ4v) is 2.18. The maximum Gasteiger partial charge on any atom is 0.259 e. The van der Waals surface area contributed by atoms with Crippen LogP contribution in [0.4, 0.5) is 5.69 Å². The summed E-state index contributed by atoms with van der Waals surface area (Å²) in [6.07, 6.45) is 0. The van der Waals surface area contributed by atoms with E-state index in [1.807, 2.05) is 44.2 Å². The number of carbonyl (C=O) groups excluding carboxylic acids is 1. The van der Waals surface area contributed by atoms with Gasteiger partial charge in [0.15, 0.2) is 0 Å². The Morgan fingerprint density at radius 3 is 2.33 bits per heavy atom. The Balaban J connectivity index is 2.09. The van der Waals surface area contributed by atoms with Crippen LogP contribution in [0.5, 0.6) is 11.5 Å². The molecule has 5 nitrogen and oxygen atoms in total. The van der Waals surface area contributed by atoms with E-state index in [0.717, 1.165) is 0 Å². The number of para-hydroxylation sites is 3. The topological polar surface area (TPSA) is 56.8 Å². The first-order chi connectivity index (χ1) is 11.8. The molecule has 0 unspecified atom stereocenters. The molecule has 1 amide bonds. The average Bonchev–Trinajstić information content (AvgIpc) is 2.61. The molecule has 0 spiro atoms. The van der Waals surface area contributed by atoms with Gasteiger partial charge in [-0.15, -0.1) is 0 Å². The summed E-state index contributed by atoms with van der Waals surface area (Å²) in [4.78, 5) is 12.6. The molecule has 0 bridgehead atoms. The molecule has 0 atom stereocenters. The van der Waals surface area contributed by atoms with Crippen molar-refractivity contribution >= 4 is 11.6 Å². The van der Waals surface area contributed by atoms with Crippen molar-refractivity contribution in [3.05, 3.63) is 54.1 Å². The van der Waals surface area contributed by atoms with Crippen molar-refractivity contribution in [3.63, 3.8) is 0 Å². The lowest BCUT2D eigenvalue weighted by Crippen LogP contribution is -2.15. The Bertz CT molecular complexity index is 657. The van der Waals surface area contributed by atoms with Crippen LogP contribution in [-0.4, -0.2) is 32.3 Å². The van der Waals surface area contributed by atoms with E-state index in [2.05, 4.69) is 5.32 Å². The molecule has 2 aromatic carbocycles. The zero-order valence-electron chi connectivity index (χ0n) is 14.1. The lowest BCUT2D eigenvalue weighted by Gasteiger charge is -2.14. The Kier molecular flexibility index (Phi) is 7.11. The highest BCUT2D eigenvalue weighted by atomic mass is 16.5. The van der Waals surface area contributed by atoms with Gasteiger partial charge in [0.2, 0.25) is 0 Å². The molecular formula is C19H23NO4. The number of hydrogen-bond donors (Lipinski definition) is 1. The molecule has 24 heavy (non-hydrogen) atoms. The van der Waals surface area contributed by atoms with Gasteiger partial charge in [-0.1, -0.05) is 24.3 Å². The minimum absolute atomic E-state index is 0.236. The molecule has 0 fully saturated rings. The standard InChI is InChI=1S/C19H23NO4/c1-3-22-13-14-24-18-12-8-6-10-16(18)20-19(21)15-9-5-7-11-17(15)23-4-2/h5-12H,3-4,13-14H2,1-2H3,(H,20,21). The molecule has 0 saturated heterocycles. The second kappa shape index (κ2) is 9.57. The molecule has 1 N–H and O–H groups in total. The third-order valence-corrected chi connectivity index (χ3v) is 3.26. The summed E-state index contributed by atoms with van der Waals surface area (Å²) in [7, 11) is 0. The van der Waals surface area contributed by atoms with Gasteiger partial charge < -0.3 is 19.5 Å². The number of nitrogens with one attached hydrogen (secondary N) is 1. The highest BCUT2D eigenvalue weighted by Crippen LogP contribution is 2.26. The predicted octanol–water partition coefficient (Wildman–Crippen LogP) is 3.75. The Morgan fingerprint density at radius 2 is 1.58 bits per heavy atom. The Morgan fingerprint density at radius 1 is 0.875 bits per heavy atom. The normalized spacial score (nSPS) is 10.2. The van der Waals surface area contributed by atoms with E-state index in [1.165, 1.54) is 0 Å². The van der Waals surface area contributed by atoms with Crippen molar-refractivity contribution < 1.29 is 19.0 Å². The van der Waals surface area contributed by atoms with Gasteiger partial charge in [0.25, 0.3) is 5.91 Å². The third-order valence-electron chi connectivity index (χ3n) is 3.26. The molecule has 0 aliphatic rings. The smallest absolute Gasteiger partial charge is 0.259 e. The number of anilines is 1. The van der Waals surface area contributed by atoms with Crippen LogP contribution in [-0.2, 0) is 4.74 Å². The highest BCUT2D eigenvalue weighted by Gasteiger charge is 2.14. The van der Waals surface area contributed by atoms with Crippen LogP contribution in [0.3, 0.4) is 0 Å². The minimum Gasteiger partial charge on any atom is -0.493 e. The van der Waals surface area contributed by atoms with Crippen LogP contribution < -0.4 is 14.8 Å². The third kappa shape index (κ3) is 4.99. The molecule has 0 heterocycles. The quantitative estimate of drug-likeness (QED) is 0.712. The van der Waals surface area contributed by atoms with E-state index in [0.29, 0.717) is 49.2 Å². The van der Waals surface area contributed by atoms with E-state index < -0.39 is 0 Å². The number of rotatable bonds is 9. The summed E-state index contributed by atoms with van der Waals surface area (Å²) in [5.41, 5.74) is 1.11. The molecule has 2 rings (SSSR count). The van der Waals surface area contributed by atoms with Gasteiger partial charge in [-0.2, -0.15) is 0 Å². The van der Waals surface area contributed by atoms with Crippen LogP contribution in [0.1, 0.15) is 24.2 Å². The second-order valence-corrected chi connectivity index (χ2v) is 4.92. The summed E-state index contributed by atoms with van der Waals surface area (Å²) >= 11 is 0. The molecule has 128 valence electrons. The second-order valence-electron chi connectivity index (χ2n) is 4.92. The van der Waals surface area contributed by atoms with Crippen LogP contribution in [0.15, 0.2) is 48.5 Å². The fraction of sp³-hybridized carbons (Fsp3) is 0.316. The lowest BCUT2D eigenvalue weighted by molar-refractivity contribution is 0.102. The molecule has 0 saturated carbocycles. The van der Waals surface area contributed by atoms with Crippen LogP contribution in [0, 0.1) is 0 Å². The van der Waals surface area contributed by atoms with Gasteiger partial charge in [0.1, 0.15) is 18.1 Å². The van der Waals surface area contributed by atoms with Crippen molar-refractivity contribution in [3.8, 4) is 11.5 Å². The van der Waals surface area contributed by atoms with E-state index in [1.54, 1.807) is 18.2 Å². The Hall–Kier alpha value is -2.53. The number of benzene rings is 2. The minimum atomic E-state index is -0.236. The highest BCUT2D eigenvalue weighted by molar-refractivity contribution is 6.06. The summed E-state index contributed by atoms with van der Waals surface area (Å²) < 4.78 is 16.5. The summed E-state index contributed by atoms with van der Waals surface area (Å²) in [5.74, 6) is 0.937. The SMILES string of the molecule is CCOCCOc1ccccc1NC(=O)c1ccccc1OCC. The number of hydrogen-bond acceptors (Lipinski definition) is 4. The van der Waals surface area contributed by atoms with E-state index in [9.17, 15) is 4.79 Å². The van der Waals surface area contributed by atoms with Crippen LogP contribution in [0.2, 0.25) is 0 Å². The van der Waals surface area contributed by atoms with Crippen LogP contribution >= 0.6 is 0 Å². The number of amides is 1. The zero-order chi connectivity index (χ0) is 17.2. The Labute approximate surface area is 142 Å². The van der Waals surface area contributed by atoms with Gasteiger partial charge in [-0.05, 0) is 38.1 Å².